The fourth-order valence-corrected chi connectivity index (χ4v) is 2.98. The first-order valence-electron chi connectivity index (χ1n) is 5.79. The lowest BCUT2D eigenvalue weighted by molar-refractivity contribution is 0.278. The molecule has 0 spiro atoms. The molecule has 0 unspecified atom stereocenters. The van der Waals surface area contributed by atoms with Crippen LogP contribution in [0.4, 0.5) is 4.39 Å². The summed E-state index contributed by atoms with van der Waals surface area (Å²) < 4.78 is 39.2. The molecule has 0 fully saturated rings. The molecule has 2 rings (SSSR count). The number of aromatic amines is 1. The number of aliphatic hydroxyl groups is 1. The quantitative estimate of drug-likeness (QED) is 0.857. The first-order chi connectivity index (χ1) is 9.46. The first-order valence-corrected chi connectivity index (χ1v) is 7.23. The molecule has 2 N–H and O–H groups in total. The number of rotatable bonds is 5. The van der Waals surface area contributed by atoms with Crippen molar-refractivity contribution in [1.82, 2.24) is 14.5 Å². The molecule has 20 heavy (non-hydrogen) atoms. The van der Waals surface area contributed by atoms with Gasteiger partial charge < -0.3 is 5.11 Å². The number of benzene rings is 1. The van der Waals surface area contributed by atoms with Crippen LogP contribution in [0.2, 0.25) is 0 Å². The Morgan fingerprint density at radius 3 is 2.70 bits per heavy atom. The summed E-state index contributed by atoms with van der Waals surface area (Å²) in [5.74, 6) is -0.471. The smallest absolute Gasteiger partial charge is 0.260 e. The van der Waals surface area contributed by atoms with Crippen molar-refractivity contribution in [3.63, 3.8) is 0 Å². The van der Waals surface area contributed by atoms with Gasteiger partial charge in [0.25, 0.3) is 10.0 Å². The summed E-state index contributed by atoms with van der Waals surface area (Å²) in [6.07, 6.45) is 1.24. The predicted molar refractivity (Wildman–Crippen MR) is 69.6 cm³/mol. The van der Waals surface area contributed by atoms with E-state index in [-0.39, 0.29) is 22.7 Å². The fourth-order valence-electron chi connectivity index (χ4n) is 1.74. The minimum Gasteiger partial charge on any atom is -0.392 e. The normalized spacial score (nSPS) is 12.0. The van der Waals surface area contributed by atoms with E-state index >= 15 is 0 Å². The average Bonchev–Trinajstić information content (AvgIpc) is 2.90. The molecule has 0 saturated heterocycles. The van der Waals surface area contributed by atoms with Gasteiger partial charge in [0.2, 0.25) is 0 Å². The Morgan fingerprint density at radius 2 is 2.05 bits per heavy atom. The molecule has 1 aromatic carbocycles. The zero-order chi connectivity index (χ0) is 14.8. The van der Waals surface area contributed by atoms with Crippen LogP contribution in [0.15, 0.2) is 35.5 Å². The molecular formula is C12H14FN3O3S. The van der Waals surface area contributed by atoms with Crippen molar-refractivity contribution in [1.29, 1.82) is 0 Å². The van der Waals surface area contributed by atoms with Gasteiger partial charge in [0, 0.05) is 24.7 Å². The number of H-pyrrole nitrogens is 1. The maximum absolute atomic E-state index is 13.5. The number of sulfonamides is 1. The Labute approximate surface area is 115 Å². The zero-order valence-corrected chi connectivity index (χ0v) is 11.6. The summed E-state index contributed by atoms with van der Waals surface area (Å²) in [7, 11) is -2.53. The van der Waals surface area contributed by atoms with Gasteiger partial charge in [-0.25, -0.2) is 12.8 Å². The SMILES string of the molecule is CN(Cc1ccccc1F)S(=O)(=O)c1[nH]ncc1CO. The number of nitrogens with zero attached hydrogens (tertiary/aromatic N) is 2. The highest BCUT2D eigenvalue weighted by atomic mass is 32.2. The van der Waals surface area contributed by atoms with E-state index in [4.69, 9.17) is 5.11 Å². The Hall–Kier alpha value is -1.77. The molecule has 0 aliphatic carbocycles. The van der Waals surface area contributed by atoms with Crippen LogP contribution in [-0.4, -0.2) is 35.1 Å². The summed E-state index contributed by atoms with van der Waals surface area (Å²) in [4.78, 5) is 0. The number of nitrogens with one attached hydrogen (secondary N) is 1. The third kappa shape index (κ3) is 2.72. The Balaban J connectivity index is 2.29. The molecule has 0 aliphatic rings. The molecule has 0 amide bonds. The van der Waals surface area contributed by atoms with Crippen molar-refractivity contribution in [2.75, 3.05) is 7.05 Å². The maximum atomic E-state index is 13.5. The maximum Gasteiger partial charge on any atom is 0.260 e. The van der Waals surface area contributed by atoms with Crippen LogP contribution in [0.3, 0.4) is 0 Å². The van der Waals surface area contributed by atoms with Crippen LogP contribution in [0.1, 0.15) is 11.1 Å². The number of aliphatic hydroxyl groups excluding tert-OH is 1. The summed E-state index contributed by atoms with van der Waals surface area (Å²) in [5.41, 5.74) is 0.439. The van der Waals surface area contributed by atoms with Gasteiger partial charge in [-0.3, -0.25) is 5.10 Å². The molecule has 0 saturated carbocycles. The van der Waals surface area contributed by atoms with E-state index in [0.717, 1.165) is 4.31 Å². The van der Waals surface area contributed by atoms with E-state index in [9.17, 15) is 12.8 Å². The molecule has 0 atom stereocenters. The van der Waals surface area contributed by atoms with Gasteiger partial charge in [0.15, 0.2) is 5.03 Å². The second-order valence-corrected chi connectivity index (χ2v) is 6.22. The minimum atomic E-state index is -3.86. The van der Waals surface area contributed by atoms with Crippen LogP contribution in [-0.2, 0) is 23.2 Å². The monoisotopic (exact) mass is 299 g/mol. The molecule has 1 aromatic heterocycles. The molecule has 0 bridgehead atoms. The lowest BCUT2D eigenvalue weighted by Crippen LogP contribution is -2.28. The van der Waals surface area contributed by atoms with Crippen molar-refractivity contribution < 1.29 is 17.9 Å². The van der Waals surface area contributed by atoms with Crippen molar-refractivity contribution in [2.24, 2.45) is 0 Å². The summed E-state index contributed by atoms with van der Waals surface area (Å²) in [6, 6.07) is 5.95. The van der Waals surface area contributed by atoms with Gasteiger partial charge in [-0.2, -0.15) is 9.40 Å². The van der Waals surface area contributed by atoms with Crippen molar-refractivity contribution in [3.05, 3.63) is 47.4 Å². The highest BCUT2D eigenvalue weighted by Gasteiger charge is 2.26. The second-order valence-electron chi connectivity index (χ2n) is 4.23. The molecule has 0 radical (unpaired) electrons. The lowest BCUT2D eigenvalue weighted by Gasteiger charge is -2.17. The van der Waals surface area contributed by atoms with Gasteiger partial charge in [-0.1, -0.05) is 18.2 Å². The lowest BCUT2D eigenvalue weighted by atomic mass is 10.2. The standard InChI is InChI=1S/C12H14FN3O3S/c1-16(7-9-4-2-3-5-11(9)13)20(18,19)12-10(8-17)6-14-15-12/h2-6,17H,7-8H2,1H3,(H,14,15). The molecule has 8 heteroatoms. The van der Waals surface area contributed by atoms with Crippen LogP contribution in [0.25, 0.3) is 0 Å². The largest absolute Gasteiger partial charge is 0.392 e. The van der Waals surface area contributed by atoms with Gasteiger partial charge in [0.05, 0.1) is 12.8 Å². The third-order valence-electron chi connectivity index (χ3n) is 2.87. The predicted octanol–water partition coefficient (Wildman–Crippen LogP) is 0.862. The Kier molecular flexibility index (Phi) is 4.17. The van der Waals surface area contributed by atoms with E-state index in [0.29, 0.717) is 0 Å². The minimum absolute atomic E-state index is 0.112. The highest BCUT2D eigenvalue weighted by Crippen LogP contribution is 2.19. The molecule has 1 heterocycles. The number of hydrogen-bond acceptors (Lipinski definition) is 4. The van der Waals surface area contributed by atoms with E-state index < -0.39 is 22.4 Å². The van der Waals surface area contributed by atoms with Crippen LogP contribution in [0.5, 0.6) is 0 Å². The molecule has 0 aliphatic heterocycles. The number of hydrogen-bond donors (Lipinski definition) is 2. The first kappa shape index (κ1) is 14.6. The Morgan fingerprint density at radius 1 is 1.35 bits per heavy atom. The van der Waals surface area contributed by atoms with E-state index in [2.05, 4.69) is 10.2 Å². The van der Waals surface area contributed by atoms with E-state index in [1.54, 1.807) is 6.07 Å². The van der Waals surface area contributed by atoms with E-state index in [1.165, 1.54) is 31.4 Å². The second kappa shape index (κ2) is 5.70. The van der Waals surface area contributed by atoms with Gasteiger partial charge in [0.1, 0.15) is 5.82 Å². The highest BCUT2D eigenvalue weighted by molar-refractivity contribution is 7.89. The van der Waals surface area contributed by atoms with Gasteiger partial charge >= 0.3 is 0 Å². The summed E-state index contributed by atoms with van der Waals surface area (Å²) >= 11 is 0. The third-order valence-corrected chi connectivity index (χ3v) is 4.69. The van der Waals surface area contributed by atoms with Crippen LogP contribution < -0.4 is 0 Å². The molecule has 108 valence electrons. The fraction of sp³-hybridized carbons (Fsp3) is 0.250. The topological polar surface area (TPSA) is 86.3 Å². The van der Waals surface area contributed by atoms with Crippen LogP contribution in [0, 0.1) is 5.82 Å². The molecular weight excluding hydrogens is 285 g/mol. The van der Waals surface area contributed by atoms with Crippen molar-refractivity contribution in [2.45, 2.75) is 18.2 Å². The molecule has 6 nitrogen and oxygen atoms in total. The summed E-state index contributed by atoms with van der Waals surface area (Å²) in [5, 5.41) is 14.8. The van der Waals surface area contributed by atoms with Gasteiger partial charge in [-0.15, -0.1) is 0 Å². The number of aromatic nitrogens is 2. The van der Waals surface area contributed by atoms with Crippen LogP contribution >= 0.6 is 0 Å². The average molecular weight is 299 g/mol. The molecule has 2 aromatic rings. The zero-order valence-electron chi connectivity index (χ0n) is 10.7. The van der Waals surface area contributed by atoms with Crippen molar-refractivity contribution in [3.8, 4) is 0 Å². The van der Waals surface area contributed by atoms with E-state index in [1.807, 2.05) is 0 Å². The van der Waals surface area contributed by atoms with Crippen molar-refractivity contribution >= 4 is 10.0 Å². The number of halogens is 1. The van der Waals surface area contributed by atoms with Gasteiger partial charge in [-0.05, 0) is 6.07 Å². The summed E-state index contributed by atoms with van der Waals surface area (Å²) in [6.45, 7) is -0.558. The Bertz CT molecular complexity index is 699.